The lowest BCUT2D eigenvalue weighted by Crippen LogP contribution is -2.58. The average molecular weight is 603 g/mol. The third kappa shape index (κ3) is 4.62. The van der Waals surface area contributed by atoms with E-state index in [-0.39, 0.29) is 23.2 Å². The fraction of sp³-hybridized carbons (Fsp3) is 0.725. The summed E-state index contributed by atoms with van der Waals surface area (Å²) >= 11 is 0. The van der Waals surface area contributed by atoms with Crippen LogP contribution in [0.2, 0.25) is 0 Å². The van der Waals surface area contributed by atoms with E-state index < -0.39 is 0 Å². The van der Waals surface area contributed by atoms with Crippen LogP contribution in [0.15, 0.2) is 35.9 Å². The highest BCUT2D eigenvalue weighted by Crippen LogP contribution is 2.89. The molecule has 5 aliphatic rings. The van der Waals surface area contributed by atoms with Crippen LogP contribution in [0.25, 0.3) is 6.08 Å². The number of allylic oxidation sites excluding steroid dienone is 2. The molecule has 0 saturated heterocycles. The van der Waals surface area contributed by atoms with Gasteiger partial charge in [-0.2, -0.15) is 0 Å². The Morgan fingerprint density at radius 3 is 2.43 bits per heavy atom. The van der Waals surface area contributed by atoms with Gasteiger partial charge in [-0.25, -0.2) is 4.79 Å². The smallest absolute Gasteiger partial charge is 0.331 e. The van der Waals surface area contributed by atoms with Crippen LogP contribution in [0, 0.1) is 50.7 Å². The minimum Gasteiger partial charge on any atom is -0.504 e. The molecular weight excluding hydrogens is 544 g/mol. The van der Waals surface area contributed by atoms with E-state index in [0.717, 1.165) is 29.7 Å². The zero-order valence-electron chi connectivity index (χ0n) is 28.8. The fourth-order valence-electron chi connectivity index (χ4n) is 12.5. The molecule has 5 aliphatic carbocycles. The van der Waals surface area contributed by atoms with Gasteiger partial charge in [0, 0.05) is 11.5 Å². The van der Waals surface area contributed by atoms with Crippen LogP contribution >= 0.6 is 0 Å². The number of phenolic OH excluding ortho intramolecular Hbond substituents is 1. The van der Waals surface area contributed by atoms with Crippen molar-refractivity contribution in [3.8, 4) is 11.5 Å². The second kappa shape index (κ2) is 10.9. The molecule has 1 N–H and O–H groups in total. The minimum atomic E-state index is -0.276. The maximum atomic E-state index is 13.1. The van der Waals surface area contributed by atoms with E-state index in [1.165, 1.54) is 83.0 Å². The quantitative estimate of drug-likeness (QED) is 0.183. The van der Waals surface area contributed by atoms with E-state index >= 15 is 0 Å². The molecule has 6 rings (SSSR count). The first-order chi connectivity index (χ1) is 20.7. The highest BCUT2D eigenvalue weighted by atomic mass is 16.5. The Balaban J connectivity index is 1.15. The Bertz CT molecular complexity index is 1340. The van der Waals surface area contributed by atoms with Gasteiger partial charge < -0.3 is 14.6 Å². The van der Waals surface area contributed by atoms with Crippen LogP contribution in [0.3, 0.4) is 0 Å². The Labute approximate surface area is 267 Å². The third-order valence-electron chi connectivity index (χ3n) is 14.8. The molecule has 0 aliphatic heterocycles. The zero-order valence-corrected chi connectivity index (χ0v) is 28.8. The summed E-state index contributed by atoms with van der Waals surface area (Å²) in [6, 6.07) is 5.09. The molecule has 0 amide bonds. The first-order valence-corrected chi connectivity index (χ1v) is 17.6. The number of aromatic hydroxyl groups is 1. The van der Waals surface area contributed by atoms with Gasteiger partial charge in [-0.05, 0) is 154 Å². The van der Waals surface area contributed by atoms with E-state index in [4.69, 9.17) is 9.47 Å². The molecule has 4 nitrogen and oxygen atoms in total. The van der Waals surface area contributed by atoms with Crippen LogP contribution in [0.1, 0.15) is 125 Å². The topological polar surface area (TPSA) is 55.8 Å². The van der Waals surface area contributed by atoms with E-state index in [9.17, 15) is 9.90 Å². The van der Waals surface area contributed by atoms with Gasteiger partial charge in [-0.3, -0.25) is 0 Å². The number of carbonyl (C=O) groups excluding carboxylic acids is 1. The lowest BCUT2D eigenvalue weighted by atomic mass is 9.41. The van der Waals surface area contributed by atoms with Crippen molar-refractivity contribution >= 4 is 12.0 Å². The van der Waals surface area contributed by atoms with Crippen LogP contribution in [0.5, 0.6) is 11.5 Å². The van der Waals surface area contributed by atoms with Crippen molar-refractivity contribution in [3.63, 3.8) is 0 Å². The lowest BCUT2D eigenvalue weighted by molar-refractivity contribution is -0.179. The molecule has 1 aromatic rings. The summed E-state index contributed by atoms with van der Waals surface area (Å²) < 4.78 is 11.4. The summed E-state index contributed by atoms with van der Waals surface area (Å²) in [5, 5.41) is 9.88. The van der Waals surface area contributed by atoms with Crippen LogP contribution in [-0.2, 0) is 9.53 Å². The standard InChI is InChI=1S/C40H58O4/c1-26(2)10-9-11-27(3)29-18-20-38(7)33-16-15-32-36(4,5)34(19-21-39(32)25-40(33,39)23-22-37(29,38)6)44-35(42)17-13-28-12-14-30(41)31(24-28)43-8/h10,12-14,17,24,27,29,32-34,41H,9,11,15-16,18-23,25H2,1-8H3/b17-13+/t27-,29+,32-,33-,34-,37+,38-,39+,40+/m0/s1. The first-order valence-electron chi connectivity index (χ1n) is 17.6. The summed E-state index contributed by atoms with van der Waals surface area (Å²) in [6.07, 6.45) is 20.1. The molecule has 242 valence electrons. The number of methoxy groups -OCH3 is 1. The number of hydrogen-bond donors (Lipinski definition) is 1. The number of phenols is 1. The molecule has 5 fully saturated rings. The van der Waals surface area contributed by atoms with Gasteiger partial charge in [-0.15, -0.1) is 0 Å². The molecule has 0 bridgehead atoms. The van der Waals surface area contributed by atoms with Gasteiger partial charge in [0.2, 0.25) is 0 Å². The maximum Gasteiger partial charge on any atom is 0.331 e. The van der Waals surface area contributed by atoms with E-state index in [1.54, 1.807) is 24.3 Å². The van der Waals surface area contributed by atoms with Gasteiger partial charge in [0.05, 0.1) is 7.11 Å². The molecule has 5 saturated carbocycles. The van der Waals surface area contributed by atoms with Gasteiger partial charge in [0.25, 0.3) is 0 Å². The number of rotatable bonds is 8. The van der Waals surface area contributed by atoms with Crippen molar-refractivity contribution in [2.24, 2.45) is 50.7 Å². The maximum absolute atomic E-state index is 13.1. The molecule has 2 spiro atoms. The van der Waals surface area contributed by atoms with Crippen LogP contribution in [0.4, 0.5) is 0 Å². The fourth-order valence-corrected chi connectivity index (χ4v) is 12.5. The molecule has 4 heteroatoms. The number of esters is 1. The van der Waals surface area contributed by atoms with Crippen LogP contribution in [-0.4, -0.2) is 24.3 Å². The number of hydrogen-bond acceptors (Lipinski definition) is 4. The highest BCUT2D eigenvalue weighted by Gasteiger charge is 2.82. The van der Waals surface area contributed by atoms with Crippen molar-refractivity contribution < 1.29 is 19.4 Å². The largest absolute Gasteiger partial charge is 0.504 e. The Morgan fingerprint density at radius 1 is 0.977 bits per heavy atom. The monoisotopic (exact) mass is 602 g/mol. The second-order valence-corrected chi connectivity index (χ2v) is 17.0. The Morgan fingerprint density at radius 2 is 1.70 bits per heavy atom. The van der Waals surface area contributed by atoms with Crippen molar-refractivity contribution in [2.45, 2.75) is 125 Å². The first kappa shape index (κ1) is 31.7. The minimum absolute atomic E-state index is 0.0305. The third-order valence-corrected chi connectivity index (χ3v) is 14.8. The summed E-state index contributed by atoms with van der Waals surface area (Å²) in [5.41, 5.74) is 4.08. The second-order valence-electron chi connectivity index (χ2n) is 17.0. The Kier molecular flexibility index (Phi) is 7.89. The molecule has 1 aromatic carbocycles. The van der Waals surface area contributed by atoms with Crippen molar-refractivity contribution in [2.75, 3.05) is 7.11 Å². The van der Waals surface area contributed by atoms with Crippen molar-refractivity contribution in [1.82, 2.24) is 0 Å². The van der Waals surface area contributed by atoms with E-state index in [0.29, 0.717) is 33.3 Å². The SMILES string of the molecule is COc1cc(/C=C/C(=O)O[C@H]2CC[C@]34C[C@@]35CC[C@]3(C)[C@@H]([C@@H](C)CCC=C(C)C)CC[C@@]3(C)[C@@H]5CC[C@H]4C2(C)C)ccc1O. The summed E-state index contributed by atoms with van der Waals surface area (Å²) in [4.78, 5) is 13.1. The predicted octanol–water partition coefficient (Wildman–Crippen LogP) is 10.1. The normalized spacial score (nSPS) is 40.6. The molecule has 0 unspecified atom stereocenters. The van der Waals surface area contributed by atoms with Crippen molar-refractivity contribution in [1.29, 1.82) is 0 Å². The van der Waals surface area contributed by atoms with E-state index in [2.05, 4.69) is 54.5 Å². The number of fused-ring (bicyclic) bond motifs is 2. The average Bonchev–Trinajstić information content (AvgIpc) is 3.55. The summed E-state index contributed by atoms with van der Waals surface area (Å²) in [7, 11) is 1.53. The van der Waals surface area contributed by atoms with Crippen LogP contribution < -0.4 is 4.74 Å². The molecule has 9 atom stereocenters. The molecule has 0 radical (unpaired) electrons. The highest BCUT2D eigenvalue weighted by molar-refractivity contribution is 5.87. The Hall–Kier alpha value is -2.23. The summed E-state index contributed by atoms with van der Waals surface area (Å²) in [5.74, 6) is 3.33. The van der Waals surface area contributed by atoms with Gasteiger partial charge in [0.1, 0.15) is 6.10 Å². The number of carbonyl (C=O) groups is 1. The summed E-state index contributed by atoms with van der Waals surface area (Å²) in [6.45, 7) is 17.2. The van der Waals surface area contributed by atoms with Crippen molar-refractivity contribution in [3.05, 3.63) is 41.5 Å². The molecule has 0 aromatic heterocycles. The molecule has 44 heavy (non-hydrogen) atoms. The number of benzene rings is 1. The number of ether oxygens (including phenoxy) is 2. The van der Waals surface area contributed by atoms with Gasteiger partial charge >= 0.3 is 5.97 Å². The lowest BCUT2D eigenvalue weighted by Gasteiger charge is -2.63. The molecular formula is C40H58O4. The zero-order chi connectivity index (χ0) is 31.7. The van der Waals surface area contributed by atoms with E-state index in [1.807, 2.05) is 0 Å². The predicted molar refractivity (Wildman–Crippen MR) is 178 cm³/mol. The van der Waals surface area contributed by atoms with Gasteiger partial charge in [0.15, 0.2) is 11.5 Å². The van der Waals surface area contributed by atoms with Gasteiger partial charge in [-0.1, -0.05) is 52.3 Å². The molecule has 0 heterocycles.